The molecule has 0 aliphatic rings. The topological polar surface area (TPSA) is 69.7 Å². The van der Waals surface area contributed by atoms with Gasteiger partial charge in [-0.3, -0.25) is 0 Å². The SMILES string of the molecule is CC(NCc1nn[nH]n1)c1ccc(N(C)C)cc1. The molecule has 2 rings (SSSR count). The Bertz CT molecular complexity index is 462. The number of tetrazole rings is 1. The third-order valence-electron chi connectivity index (χ3n) is 2.87. The molecule has 6 nitrogen and oxygen atoms in total. The van der Waals surface area contributed by atoms with Crippen molar-refractivity contribution in [1.29, 1.82) is 0 Å². The summed E-state index contributed by atoms with van der Waals surface area (Å²) in [5.74, 6) is 0.673. The predicted molar refractivity (Wildman–Crippen MR) is 70.2 cm³/mol. The average molecular weight is 246 g/mol. The zero-order chi connectivity index (χ0) is 13.0. The zero-order valence-electron chi connectivity index (χ0n) is 10.9. The third kappa shape index (κ3) is 3.04. The molecule has 1 unspecified atom stereocenters. The molecule has 0 fully saturated rings. The number of nitrogens with one attached hydrogen (secondary N) is 2. The van der Waals surface area contributed by atoms with E-state index in [1.807, 2.05) is 14.1 Å². The van der Waals surface area contributed by atoms with E-state index in [9.17, 15) is 0 Å². The van der Waals surface area contributed by atoms with Crippen molar-refractivity contribution >= 4 is 5.69 Å². The number of aromatic amines is 1. The van der Waals surface area contributed by atoms with Gasteiger partial charge in [-0.2, -0.15) is 5.21 Å². The summed E-state index contributed by atoms with van der Waals surface area (Å²) < 4.78 is 0. The maximum Gasteiger partial charge on any atom is 0.188 e. The largest absolute Gasteiger partial charge is 0.378 e. The molecule has 0 radical (unpaired) electrons. The van der Waals surface area contributed by atoms with Crippen molar-refractivity contribution in [1.82, 2.24) is 25.9 Å². The molecule has 2 aromatic rings. The minimum Gasteiger partial charge on any atom is -0.378 e. The molecule has 0 amide bonds. The van der Waals surface area contributed by atoms with Gasteiger partial charge in [-0.05, 0) is 24.6 Å². The second-order valence-corrected chi connectivity index (χ2v) is 4.42. The Morgan fingerprint density at radius 1 is 1.28 bits per heavy atom. The van der Waals surface area contributed by atoms with Gasteiger partial charge in [0.25, 0.3) is 0 Å². The van der Waals surface area contributed by atoms with Crippen LogP contribution in [0.3, 0.4) is 0 Å². The fourth-order valence-corrected chi connectivity index (χ4v) is 1.68. The second kappa shape index (κ2) is 5.59. The van der Waals surface area contributed by atoms with Crippen LogP contribution in [0.15, 0.2) is 24.3 Å². The van der Waals surface area contributed by atoms with Crippen LogP contribution < -0.4 is 10.2 Å². The van der Waals surface area contributed by atoms with Crippen LogP contribution in [0.1, 0.15) is 24.4 Å². The summed E-state index contributed by atoms with van der Waals surface area (Å²) in [4.78, 5) is 2.08. The molecule has 1 heterocycles. The second-order valence-electron chi connectivity index (χ2n) is 4.42. The van der Waals surface area contributed by atoms with Gasteiger partial charge in [0.2, 0.25) is 0 Å². The molecule has 0 aliphatic heterocycles. The average Bonchev–Trinajstić information content (AvgIpc) is 2.89. The van der Waals surface area contributed by atoms with E-state index in [4.69, 9.17) is 0 Å². The van der Waals surface area contributed by atoms with Crippen molar-refractivity contribution < 1.29 is 0 Å². The normalized spacial score (nSPS) is 12.4. The molecule has 0 bridgehead atoms. The highest BCUT2D eigenvalue weighted by Crippen LogP contribution is 2.17. The van der Waals surface area contributed by atoms with Crippen molar-refractivity contribution in [3.8, 4) is 0 Å². The Morgan fingerprint density at radius 2 is 2.00 bits per heavy atom. The molecule has 0 spiro atoms. The van der Waals surface area contributed by atoms with E-state index < -0.39 is 0 Å². The Kier molecular flexibility index (Phi) is 3.88. The summed E-state index contributed by atoms with van der Waals surface area (Å²) in [7, 11) is 4.07. The van der Waals surface area contributed by atoms with Crippen LogP contribution in [0.2, 0.25) is 0 Å². The molecule has 0 saturated heterocycles. The van der Waals surface area contributed by atoms with E-state index in [0.717, 1.165) is 0 Å². The monoisotopic (exact) mass is 246 g/mol. The number of H-pyrrole nitrogens is 1. The van der Waals surface area contributed by atoms with Gasteiger partial charge >= 0.3 is 0 Å². The Balaban J connectivity index is 1.94. The smallest absolute Gasteiger partial charge is 0.188 e. The highest BCUT2D eigenvalue weighted by molar-refractivity contribution is 5.46. The van der Waals surface area contributed by atoms with Crippen LogP contribution in [0.25, 0.3) is 0 Å². The van der Waals surface area contributed by atoms with Crippen molar-refractivity contribution in [3.05, 3.63) is 35.7 Å². The highest BCUT2D eigenvalue weighted by atomic mass is 15.5. The lowest BCUT2D eigenvalue weighted by Crippen LogP contribution is -2.19. The molecule has 2 N–H and O–H groups in total. The summed E-state index contributed by atoms with van der Waals surface area (Å²) in [6, 6.07) is 8.73. The highest BCUT2D eigenvalue weighted by Gasteiger charge is 2.06. The molecule has 0 aliphatic carbocycles. The first-order valence-electron chi connectivity index (χ1n) is 5.90. The number of hydrogen-bond donors (Lipinski definition) is 2. The molecule has 1 atom stereocenters. The van der Waals surface area contributed by atoms with Gasteiger partial charge in [0.1, 0.15) is 0 Å². The Hall–Kier alpha value is -1.95. The van der Waals surface area contributed by atoms with Crippen LogP contribution in [-0.4, -0.2) is 34.7 Å². The van der Waals surface area contributed by atoms with Gasteiger partial charge in [-0.25, -0.2) is 0 Å². The van der Waals surface area contributed by atoms with Gasteiger partial charge in [0, 0.05) is 25.8 Å². The number of aromatic nitrogens is 4. The van der Waals surface area contributed by atoms with Crippen molar-refractivity contribution in [2.45, 2.75) is 19.5 Å². The van der Waals surface area contributed by atoms with E-state index >= 15 is 0 Å². The fourth-order valence-electron chi connectivity index (χ4n) is 1.68. The predicted octanol–water partition coefficient (Wildman–Crippen LogP) is 1.12. The maximum absolute atomic E-state index is 3.90. The summed E-state index contributed by atoms with van der Waals surface area (Å²) >= 11 is 0. The molecule has 0 saturated carbocycles. The molecular formula is C12H18N6. The van der Waals surface area contributed by atoms with Crippen LogP contribution >= 0.6 is 0 Å². The lowest BCUT2D eigenvalue weighted by molar-refractivity contribution is 0.559. The van der Waals surface area contributed by atoms with E-state index in [1.165, 1.54) is 11.3 Å². The van der Waals surface area contributed by atoms with Crippen LogP contribution in [0.4, 0.5) is 5.69 Å². The molecule has 18 heavy (non-hydrogen) atoms. The number of benzene rings is 1. The first-order valence-corrected chi connectivity index (χ1v) is 5.90. The van der Waals surface area contributed by atoms with Gasteiger partial charge in [-0.1, -0.05) is 17.3 Å². The molecule has 1 aromatic carbocycles. The maximum atomic E-state index is 3.90. The fraction of sp³-hybridized carbons (Fsp3) is 0.417. The number of nitrogens with zero attached hydrogens (tertiary/aromatic N) is 4. The summed E-state index contributed by atoms with van der Waals surface area (Å²) in [5.41, 5.74) is 2.44. The van der Waals surface area contributed by atoms with Gasteiger partial charge in [-0.15, -0.1) is 10.2 Å². The van der Waals surface area contributed by atoms with Crippen molar-refractivity contribution in [2.24, 2.45) is 0 Å². The van der Waals surface area contributed by atoms with Gasteiger partial charge in [0.05, 0.1) is 6.54 Å². The number of hydrogen-bond acceptors (Lipinski definition) is 5. The van der Waals surface area contributed by atoms with Gasteiger partial charge < -0.3 is 10.2 Å². The third-order valence-corrected chi connectivity index (χ3v) is 2.87. The standard InChI is InChI=1S/C12H18N6/c1-9(13-8-12-14-16-17-15-12)10-4-6-11(7-5-10)18(2)3/h4-7,9,13H,8H2,1-3H3,(H,14,15,16,17). The van der Waals surface area contributed by atoms with Gasteiger partial charge in [0.15, 0.2) is 5.82 Å². The lowest BCUT2D eigenvalue weighted by Gasteiger charge is -2.16. The molecule has 6 heteroatoms. The first-order chi connectivity index (χ1) is 8.66. The Labute approximate surface area is 106 Å². The van der Waals surface area contributed by atoms with E-state index in [-0.39, 0.29) is 6.04 Å². The van der Waals surface area contributed by atoms with E-state index in [0.29, 0.717) is 12.4 Å². The van der Waals surface area contributed by atoms with Crippen molar-refractivity contribution in [2.75, 3.05) is 19.0 Å². The van der Waals surface area contributed by atoms with Crippen LogP contribution in [-0.2, 0) is 6.54 Å². The minimum absolute atomic E-state index is 0.250. The first kappa shape index (κ1) is 12.5. The summed E-state index contributed by atoms with van der Waals surface area (Å²) in [6.07, 6.45) is 0. The number of rotatable bonds is 5. The summed E-state index contributed by atoms with van der Waals surface area (Å²) in [5, 5.41) is 17.1. The van der Waals surface area contributed by atoms with Crippen LogP contribution in [0, 0.1) is 0 Å². The summed E-state index contributed by atoms with van der Waals surface area (Å²) in [6.45, 7) is 2.72. The van der Waals surface area contributed by atoms with Crippen molar-refractivity contribution in [3.63, 3.8) is 0 Å². The van der Waals surface area contributed by atoms with E-state index in [2.05, 4.69) is 62.0 Å². The van der Waals surface area contributed by atoms with E-state index in [1.54, 1.807) is 0 Å². The van der Waals surface area contributed by atoms with Crippen LogP contribution in [0.5, 0.6) is 0 Å². The zero-order valence-corrected chi connectivity index (χ0v) is 10.9. The molecule has 1 aromatic heterocycles. The minimum atomic E-state index is 0.250. The quantitative estimate of drug-likeness (QED) is 0.827. The Morgan fingerprint density at radius 3 is 2.56 bits per heavy atom. The molecule has 96 valence electrons. The molecular weight excluding hydrogens is 228 g/mol. The lowest BCUT2D eigenvalue weighted by atomic mass is 10.1. The number of anilines is 1.